The van der Waals surface area contributed by atoms with E-state index < -0.39 is 38.1 Å². The summed E-state index contributed by atoms with van der Waals surface area (Å²) < 4.78 is 45.5. The predicted octanol–water partition coefficient (Wildman–Crippen LogP) is 5.34. The molecule has 0 heterocycles. The van der Waals surface area contributed by atoms with E-state index in [-0.39, 0.29) is 0 Å². The summed E-state index contributed by atoms with van der Waals surface area (Å²) in [6.07, 6.45) is 8.67. The van der Waals surface area contributed by atoms with Crippen molar-refractivity contribution in [3.05, 3.63) is 24.3 Å². The Morgan fingerprint density at radius 1 is 0.500 bits per heavy atom. The summed E-state index contributed by atoms with van der Waals surface area (Å²) in [5.74, 6) is 0. The molecule has 1 aromatic rings. The third-order valence-electron chi connectivity index (χ3n) is 9.51. The van der Waals surface area contributed by atoms with E-state index in [4.69, 9.17) is 36.0 Å². The second-order valence-electron chi connectivity index (χ2n) is 14.0. The first-order valence-electron chi connectivity index (χ1n) is 19.1. The van der Waals surface area contributed by atoms with Crippen molar-refractivity contribution >= 4 is 49.5 Å². The minimum absolute atomic E-state index is 0.429. The van der Waals surface area contributed by atoms with Gasteiger partial charge < -0.3 is 45.8 Å². The van der Waals surface area contributed by atoms with Gasteiger partial charge in [-0.05, 0) is 97.8 Å². The van der Waals surface area contributed by atoms with Crippen molar-refractivity contribution in [3.63, 3.8) is 0 Å². The van der Waals surface area contributed by atoms with E-state index in [1.54, 1.807) is 42.7 Å². The number of unbranched alkanes of at least 4 members (excludes halogenated alkanes) is 2. The van der Waals surface area contributed by atoms with Crippen LogP contribution in [0.1, 0.15) is 79.1 Å². The molecule has 0 amide bonds. The average Bonchev–Trinajstić information content (AvgIpc) is 3.12. The van der Waals surface area contributed by atoms with Gasteiger partial charge in [-0.3, -0.25) is 0 Å². The number of anilines is 2. The molecule has 0 fully saturated rings. The molecule has 0 aliphatic heterocycles. The van der Waals surface area contributed by atoms with Crippen LogP contribution in [0.3, 0.4) is 0 Å². The molecule has 50 heavy (non-hydrogen) atoms. The highest BCUT2D eigenvalue weighted by molar-refractivity contribution is 6.46. The molecule has 0 saturated carbocycles. The molecule has 294 valence electrons. The molecule has 4 unspecified atom stereocenters. The lowest BCUT2D eigenvalue weighted by Gasteiger charge is -2.31. The smallest absolute Gasteiger partial charge is 0.323 e. The molecular weight excluding hydrogens is 701 g/mol. The van der Waals surface area contributed by atoms with Gasteiger partial charge in [-0.25, -0.2) is 0 Å². The van der Waals surface area contributed by atoms with Crippen LogP contribution in [0.5, 0.6) is 0 Å². The molecule has 4 atom stereocenters. The summed E-state index contributed by atoms with van der Waals surface area (Å²) in [6.45, 7) is 16.6. The maximum Gasteiger partial charge on any atom is 0.323 e. The van der Waals surface area contributed by atoms with Crippen LogP contribution in [0.2, 0.25) is 22.2 Å². The molecule has 1 rings (SSSR count). The number of hydrogen-bond acceptors (Lipinski definition) is 10. The molecular formula is C36H76N2O8Si4. The van der Waals surface area contributed by atoms with Gasteiger partial charge in [0.1, 0.15) is 0 Å². The van der Waals surface area contributed by atoms with Gasteiger partial charge in [0, 0.05) is 107 Å². The third kappa shape index (κ3) is 21.2. The number of benzene rings is 1. The zero-order valence-corrected chi connectivity index (χ0v) is 38.8. The fourth-order valence-electron chi connectivity index (χ4n) is 6.12. The van der Waals surface area contributed by atoms with E-state index in [1.165, 1.54) is 11.4 Å². The Labute approximate surface area is 315 Å². The second-order valence-corrected chi connectivity index (χ2v) is 23.9. The van der Waals surface area contributed by atoms with Gasteiger partial charge in [-0.2, -0.15) is 0 Å². The Bertz CT molecular complexity index is 834. The van der Waals surface area contributed by atoms with Crippen LogP contribution < -0.4 is 9.80 Å². The molecule has 1 aromatic carbocycles. The van der Waals surface area contributed by atoms with E-state index in [0.717, 1.165) is 104 Å². The summed E-state index contributed by atoms with van der Waals surface area (Å²) in [5, 5.41) is 0. The summed E-state index contributed by atoms with van der Waals surface area (Å²) in [7, 11) is 6.19. The maximum atomic E-state index is 6.14. The molecule has 0 radical (unpaired) electrons. The van der Waals surface area contributed by atoms with Crippen molar-refractivity contribution in [2.45, 2.75) is 101 Å². The van der Waals surface area contributed by atoms with Gasteiger partial charge in [0.2, 0.25) is 0 Å². The second kappa shape index (κ2) is 30.8. The number of methoxy groups -OCH3 is 2. The lowest BCUT2D eigenvalue weighted by Crippen LogP contribution is -2.32. The Hall–Kier alpha value is -0.632. The SMILES string of the molecule is COCCCCO[SiH2]C(C)CCN(CCC(C)[SiH](OC)OC)c1ccc(N(CCC(C)[SiH2]OCCCCOC)CCC(C)[SiH](OC)OC)cc1. The molecule has 10 nitrogen and oxygen atoms in total. The fraction of sp³-hybridized carbons (Fsp3) is 0.833. The van der Waals surface area contributed by atoms with E-state index in [0.29, 0.717) is 22.2 Å². The fourth-order valence-corrected chi connectivity index (χ4v) is 11.4. The van der Waals surface area contributed by atoms with Crippen LogP contribution in [0, 0.1) is 0 Å². The van der Waals surface area contributed by atoms with Gasteiger partial charge in [0.05, 0.1) is 0 Å². The third-order valence-corrected chi connectivity index (χ3v) is 16.9. The first-order chi connectivity index (χ1) is 24.2. The van der Waals surface area contributed by atoms with Crippen molar-refractivity contribution in [1.29, 1.82) is 0 Å². The lowest BCUT2D eigenvalue weighted by molar-refractivity contribution is 0.184. The highest BCUT2D eigenvalue weighted by Crippen LogP contribution is 2.27. The Morgan fingerprint density at radius 2 is 0.820 bits per heavy atom. The van der Waals surface area contributed by atoms with Crippen molar-refractivity contribution in [3.8, 4) is 0 Å². The van der Waals surface area contributed by atoms with Crippen molar-refractivity contribution in [2.24, 2.45) is 0 Å². The lowest BCUT2D eigenvalue weighted by atomic mass is 10.2. The summed E-state index contributed by atoms with van der Waals surface area (Å²) in [4.78, 5) is 5.13. The molecule has 0 aliphatic carbocycles. The zero-order valence-electron chi connectivity index (χ0n) is 33.7. The van der Waals surface area contributed by atoms with E-state index in [1.807, 2.05) is 0 Å². The van der Waals surface area contributed by atoms with Gasteiger partial charge in [0.25, 0.3) is 0 Å². The number of ether oxygens (including phenoxy) is 2. The molecule has 0 aliphatic rings. The largest absolute Gasteiger partial charge is 0.424 e. The number of hydrogen-bond donors (Lipinski definition) is 0. The highest BCUT2D eigenvalue weighted by Gasteiger charge is 2.23. The molecule has 0 saturated heterocycles. The van der Waals surface area contributed by atoms with E-state index >= 15 is 0 Å². The van der Waals surface area contributed by atoms with Crippen molar-refractivity contribution < 1.29 is 36.0 Å². The van der Waals surface area contributed by atoms with Crippen LogP contribution in [0.15, 0.2) is 24.3 Å². The first-order valence-corrected chi connectivity index (χ1v) is 25.1. The highest BCUT2D eigenvalue weighted by atomic mass is 28.3. The minimum Gasteiger partial charge on any atom is -0.424 e. The quantitative estimate of drug-likeness (QED) is 0.0677. The Morgan fingerprint density at radius 3 is 1.14 bits per heavy atom. The maximum absolute atomic E-state index is 6.14. The predicted molar refractivity (Wildman–Crippen MR) is 221 cm³/mol. The molecule has 0 bridgehead atoms. The standard InChI is InChI=1S/C36H76N2O8Si4/c1-31(47-45-29-13-11-27-39-5)19-23-37(25-21-33(3)49(41-7)42-8)35-15-17-36(18-16-35)38(26-22-34(4)50(43-9)44-10)24-20-32(2)48-46-30-14-12-28-40-6/h15-18,31-34,49-50H,11-14,19-30,47-48H2,1-10H3. The van der Waals surface area contributed by atoms with Crippen LogP contribution in [0.4, 0.5) is 11.4 Å². The van der Waals surface area contributed by atoms with Crippen LogP contribution in [0.25, 0.3) is 0 Å². The average molecular weight is 777 g/mol. The molecule has 14 heteroatoms. The molecule has 0 spiro atoms. The number of rotatable bonds is 34. The van der Waals surface area contributed by atoms with Gasteiger partial charge in [0.15, 0.2) is 19.5 Å². The summed E-state index contributed by atoms with van der Waals surface area (Å²) in [6, 6.07) is 9.32. The molecule has 0 aromatic heterocycles. The topological polar surface area (TPSA) is 80.3 Å². The van der Waals surface area contributed by atoms with E-state index in [2.05, 4.69) is 61.8 Å². The summed E-state index contributed by atoms with van der Waals surface area (Å²) >= 11 is 0. The van der Waals surface area contributed by atoms with Crippen molar-refractivity contribution in [1.82, 2.24) is 0 Å². The molecule has 0 N–H and O–H groups in total. The van der Waals surface area contributed by atoms with Gasteiger partial charge >= 0.3 is 18.6 Å². The van der Waals surface area contributed by atoms with E-state index in [9.17, 15) is 0 Å². The monoisotopic (exact) mass is 776 g/mol. The van der Waals surface area contributed by atoms with Gasteiger partial charge in [-0.15, -0.1) is 0 Å². The normalized spacial score (nSPS) is 14.8. The van der Waals surface area contributed by atoms with Crippen LogP contribution in [-0.2, 0) is 36.0 Å². The minimum atomic E-state index is -1.67. The van der Waals surface area contributed by atoms with Gasteiger partial charge in [-0.1, -0.05) is 27.7 Å². The Balaban J connectivity index is 3.00. The Kier molecular flexibility index (Phi) is 29.2. The number of nitrogens with zero attached hydrogens (tertiary/aromatic N) is 2. The zero-order chi connectivity index (χ0) is 37.0. The van der Waals surface area contributed by atoms with Crippen molar-refractivity contribution in [2.75, 3.05) is 105 Å². The van der Waals surface area contributed by atoms with Crippen LogP contribution >= 0.6 is 0 Å². The van der Waals surface area contributed by atoms with Crippen LogP contribution in [-0.4, -0.2) is 133 Å². The summed E-state index contributed by atoms with van der Waals surface area (Å²) in [5.41, 5.74) is 4.67. The first kappa shape index (κ1) is 47.4.